The number of nitrogens with zero attached hydrogens (tertiary/aromatic N) is 1. The van der Waals surface area contributed by atoms with Gasteiger partial charge in [0.2, 0.25) is 0 Å². The topological polar surface area (TPSA) is 95.0 Å². The van der Waals surface area contributed by atoms with Crippen LogP contribution in [-0.4, -0.2) is 56.4 Å². The van der Waals surface area contributed by atoms with Gasteiger partial charge in [0, 0.05) is 43.8 Å². The second kappa shape index (κ2) is 10.9. The average Bonchev–Trinajstić information content (AvgIpc) is 3.13. The number of hydrogen-bond donors (Lipinski definition) is 4. The van der Waals surface area contributed by atoms with Gasteiger partial charge >= 0.3 is 0 Å². The molecule has 7 nitrogen and oxygen atoms in total. The van der Waals surface area contributed by atoms with Crippen molar-refractivity contribution in [3.05, 3.63) is 35.4 Å². The fourth-order valence-electron chi connectivity index (χ4n) is 3.17. The summed E-state index contributed by atoms with van der Waals surface area (Å²) in [5.41, 5.74) is 1.58. The van der Waals surface area contributed by atoms with Gasteiger partial charge in [-0.25, -0.2) is 4.99 Å². The van der Waals surface area contributed by atoms with E-state index < -0.39 is 0 Å². The van der Waals surface area contributed by atoms with Crippen LogP contribution in [0, 0.1) is 5.41 Å². The number of aliphatic imine (C=N–C) groups is 1. The third kappa shape index (κ3) is 6.52. The third-order valence-electron chi connectivity index (χ3n) is 4.75. The van der Waals surface area contributed by atoms with E-state index in [1.54, 1.807) is 6.07 Å². The second-order valence-electron chi connectivity index (χ2n) is 6.88. The molecule has 1 aliphatic heterocycles. The predicted molar refractivity (Wildman–Crippen MR) is 107 cm³/mol. The molecule has 0 aliphatic carbocycles. The number of amides is 1. The van der Waals surface area contributed by atoms with Crippen molar-refractivity contribution in [1.29, 1.82) is 0 Å². The molecular weight excluding hydrogens is 344 g/mol. The van der Waals surface area contributed by atoms with Crippen LogP contribution in [0.1, 0.15) is 42.6 Å². The summed E-state index contributed by atoms with van der Waals surface area (Å²) in [5, 5.41) is 18.8. The molecule has 4 N–H and O–H groups in total. The Morgan fingerprint density at radius 1 is 1.26 bits per heavy atom. The number of nitrogens with one attached hydrogen (secondary N) is 3. The minimum absolute atomic E-state index is 0.0386. The first-order chi connectivity index (χ1) is 13.1. The van der Waals surface area contributed by atoms with Crippen molar-refractivity contribution in [2.24, 2.45) is 10.4 Å². The van der Waals surface area contributed by atoms with Gasteiger partial charge in [-0.3, -0.25) is 4.79 Å². The van der Waals surface area contributed by atoms with E-state index in [1.165, 1.54) is 0 Å². The molecule has 0 saturated carbocycles. The Bertz CT molecular complexity index is 627. The molecule has 1 unspecified atom stereocenters. The number of carbonyl (C=O) groups is 1. The Morgan fingerprint density at radius 3 is 2.74 bits per heavy atom. The molecule has 1 aromatic carbocycles. The maximum Gasteiger partial charge on any atom is 0.251 e. The van der Waals surface area contributed by atoms with E-state index in [0.29, 0.717) is 38.2 Å². The summed E-state index contributed by atoms with van der Waals surface area (Å²) in [5.74, 6) is 0.658. The predicted octanol–water partition coefficient (Wildman–Crippen LogP) is 1.28. The highest BCUT2D eigenvalue weighted by atomic mass is 16.5. The van der Waals surface area contributed by atoms with Gasteiger partial charge in [-0.05, 0) is 44.4 Å². The van der Waals surface area contributed by atoms with E-state index in [4.69, 9.17) is 4.74 Å². The van der Waals surface area contributed by atoms with Crippen LogP contribution in [0.2, 0.25) is 0 Å². The van der Waals surface area contributed by atoms with E-state index in [9.17, 15) is 9.90 Å². The van der Waals surface area contributed by atoms with Crippen LogP contribution in [0.3, 0.4) is 0 Å². The molecule has 27 heavy (non-hydrogen) atoms. The zero-order valence-corrected chi connectivity index (χ0v) is 16.4. The molecule has 1 aliphatic rings. The van der Waals surface area contributed by atoms with E-state index in [2.05, 4.69) is 20.9 Å². The largest absolute Gasteiger partial charge is 0.396 e. The van der Waals surface area contributed by atoms with Crippen LogP contribution in [0.5, 0.6) is 0 Å². The maximum absolute atomic E-state index is 12.0. The lowest BCUT2D eigenvalue weighted by atomic mass is 9.84. The number of benzene rings is 1. The number of ether oxygens (including phenoxy) is 1. The van der Waals surface area contributed by atoms with Gasteiger partial charge in [0.15, 0.2) is 5.96 Å². The van der Waals surface area contributed by atoms with Crippen molar-refractivity contribution in [2.45, 2.75) is 33.2 Å². The lowest BCUT2D eigenvalue weighted by Crippen LogP contribution is -2.44. The number of rotatable bonds is 9. The van der Waals surface area contributed by atoms with Gasteiger partial charge in [-0.15, -0.1) is 0 Å². The van der Waals surface area contributed by atoms with Gasteiger partial charge in [0.1, 0.15) is 0 Å². The molecule has 1 heterocycles. The Labute approximate surface area is 161 Å². The van der Waals surface area contributed by atoms with E-state index in [0.717, 1.165) is 31.1 Å². The standard InChI is InChI=1S/C20H32N4O3/c1-3-21-18(26)17-7-5-6-16(12-17)13-23-19(22-4-2)24-14-20(8-10-25)9-11-27-15-20/h5-7,12,25H,3-4,8-11,13-15H2,1-2H3,(H,21,26)(H2,22,23,24). The third-order valence-corrected chi connectivity index (χ3v) is 4.75. The van der Waals surface area contributed by atoms with Gasteiger partial charge in [-0.1, -0.05) is 12.1 Å². The van der Waals surface area contributed by atoms with Crippen LogP contribution >= 0.6 is 0 Å². The monoisotopic (exact) mass is 376 g/mol. The Kier molecular flexibility index (Phi) is 8.54. The van der Waals surface area contributed by atoms with Crippen molar-refractivity contribution in [3.63, 3.8) is 0 Å². The van der Waals surface area contributed by atoms with E-state index >= 15 is 0 Å². The van der Waals surface area contributed by atoms with Crippen LogP contribution < -0.4 is 16.0 Å². The molecule has 0 bridgehead atoms. The maximum atomic E-state index is 12.0. The molecule has 2 rings (SSSR count). The molecule has 1 atom stereocenters. The number of carbonyl (C=O) groups excluding carboxylic acids is 1. The first kappa shape index (κ1) is 21.2. The first-order valence-electron chi connectivity index (χ1n) is 9.70. The summed E-state index contributed by atoms with van der Waals surface area (Å²) < 4.78 is 5.54. The fourth-order valence-corrected chi connectivity index (χ4v) is 3.17. The van der Waals surface area contributed by atoms with Crippen molar-refractivity contribution >= 4 is 11.9 Å². The Hall–Kier alpha value is -2.12. The zero-order valence-electron chi connectivity index (χ0n) is 16.4. The summed E-state index contributed by atoms with van der Waals surface area (Å²) >= 11 is 0. The van der Waals surface area contributed by atoms with Crippen LogP contribution in [0.4, 0.5) is 0 Å². The van der Waals surface area contributed by atoms with Gasteiger partial charge in [-0.2, -0.15) is 0 Å². The second-order valence-corrected chi connectivity index (χ2v) is 6.88. The Balaban J connectivity index is 2.00. The molecule has 0 radical (unpaired) electrons. The fraction of sp³-hybridized carbons (Fsp3) is 0.600. The summed E-state index contributed by atoms with van der Waals surface area (Å²) in [6, 6.07) is 7.52. The summed E-state index contributed by atoms with van der Waals surface area (Å²) in [4.78, 5) is 16.6. The zero-order chi connectivity index (χ0) is 19.5. The number of aliphatic hydroxyl groups excluding tert-OH is 1. The normalized spacial score (nSPS) is 19.7. The lowest BCUT2D eigenvalue weighted by molar-refractivity contribution is 0.0955. The highest BCUT2D eigenvalue weighted by Gasteiger charge is 2.34. The molecule has 7 heteroatoms. The van der Waals surface area contributed by atoms with Crippen molar-refractivity contribution in [2.75, 3.05) is 39.5 Å². The summed E-state index contributed by atoms with van der Waals surface area (Å²) in [6.45, 7) is 8.03. The van der Waals surface area contributed by atoms with Gasteiger partial charge in [0.05, 0.1) is 13.2 Å². The minimum atomic E-state index is -0.0689. The smallest absolute Gasteiger partial charge is 0.251 e. The average molecular weight is 377 g/mol. The van der Waals surface area contributed by atoms with Gasteiger partial charge < -0.3 is 25.8 Å². The molecule has 1 aromatic rings. The minimum Gasteiger partial charge on any atom is -0.396 e. The molecule has 0 aromatic heterocycles. The van der Waals surface area contributed by atoms with Gasteiger partial charge in [0.25, 0.3) is 5.91 Å². The van der Waals surface area contributed by atoms with Crippen molar-refractivity contribution in [3.8, 4) is 0 Å². The number of hydrogen-bond acceptors (Lipinski definition) is 4. The number of guanidine groups is 1. The molecule has 1 fully saturated rings. The van der Waals surface area contributed by atoms with Crippen molar-refractivity contribution < 1.29 is 14.6 Å². The van der Waals surface area contributed by atoms with Crippen LogP contribution in [0.15, 0.2) is 29.3 Å². The van der Waals surface area contributed by atoms with Crippen molar-refractivity contribution in [1.82, 2.24) is 16.0 Å². The Morgan fingerprint density at radius 2 is 2.07 bits per heavy atom. The highest BCUT2D eigenvalue weighted by Crippen LogP contribution is 2.31. The number of aliphatic hydroxyl groups is 1. The van der Waals surface area contributed by atoms with Crippen LogP contribution in [-0.2, 0) is 11.3 Å². The summed E-state index contributed by atoms with van der Waals surface area (Å²) in [7, 11) is 0. The van der Waals surface area contributed by atoms with E-state index in [1.807, 2.05) is 32.0 Å². The van der Waals surface area contributed by atoms with Crippen LogP contribution in [0.25, 0.3) is 0 Å². The SMILES string of the molecule is CCNC(=O)c1cccc(CN=C(NCC)NCC2(CCO)CCOC2)c1. The molecule has 1 amide bonds. The summed E-state index contributed by atoms with van der Waals surface area (Å²) in [6.07, 6.45) is 1.66. The quantitative estimate of drug-likeness (QED) is 0.385. The first-order valence-corrected chi connectivity index (χ1v) is 9.70. The lowest BCUT2D eigenvalue weighted by Gasteiger charge is -2.27. The molecule has 0 spiro atoms. The molecule has 150 valence electrons. The highest BCUT2D eigenvalue weighted by molar-refractivity contribution is 5.94. The molecule has 1 saturated heterocycles. The molecular formula is C20H32N4O3. The van der Waals surface area contributed by atoms with E-state index in [-0.39, 0.29) is 17.9 Å².